The zero-order chi connectivity index (χ0) is 10.8. The van der Waals surface area contributed by atoms with Crippen molar-refractivity contribution in [3.63, 3.8) is 0 Å². The van der Waals surface area contributed by atoms with Gasteiger partial charge < -0.3 is 4.74 Å². The van der Waals surface area contributed by atoms with Crippen LogP contribution in [0.5, 0.6) is 5.75 Å². The van der Waals surface area contributed by atoms with E-state index < -0.39 is 17.4 Å². The Morgan fingerprint density at radius 2 is 2.00 bits per heavy atom. The first-order valence-electron chi connectivity index (χ1n) is 3.44. The smallest absolute Gasteiger partial charge is 0.406 e. The molecule has 0 spiro atoms. The monoisotopic (exact) mass is 224 g/mol. The molecule has 0 unspecified atom stereocenters. The summed E-state index contributed by atoms with van der Waals surface area (Å²) in [7, 11) is 0. The van der Waals surface area contributed by atoms with E-state index >= 15 is 0 Å². The van der Waals surface area contributed by atoms with Gasteiger partial charge in [-0.1, -0.05) is 6.07 Å². The summed E-state index contributed by atoms with van der Waals surface area (Å²) in [5.74, 6) is -0.469. The lowest BCUT2D eigenvalue weighted by Gasteiger charge is -2.08. The number of alkyl halides is 3. The Morgan fingerprint density at radius 3 is 2.50 bits per heavy atom. The molecule has 0 radical (unpaired) electrons. The Balaban J connectivity index is 2.89. The minimum Gasteiger partial charge on any atom is -0.406 e. The van der Waals surface area contributed by atoms with Crippen molar-refractivity contribution in [3.8, 4) is 5.75 Å². The van der Waals surface area contributed by atoms with Crippen LogP contribution in [0.4, 0.5) is 13.2 Å². The average molecular weight is 225 g/mol. The van der Waals surface area contributed by atoms with Gasteiger partial charge in [-0.25, -0.2) is 0 Å². The van der Waals surface area contributed by atoms with Gasteiger partial charge >= 0.3 is 6.36 Å². The molecule has 1 aromatic carbocycles. The normalized spacial score (nSPS) is 11.1. The first kappa shape index (κ1) is 10.8. The van der Waals surface area contributed by atoms with Crippen molar-refractivity contribution in [2.75, 3.05) is 0 Å². The second-order valence-electron chi connectivity index (χ2n) is 2.35. The van der Waals surface area contributed by atoms with Crippen molar-refractivity contribution in [2.45, 2.75) is 6.36 Å². The Bertz CT molecular complexity index is 349. The van der Waals surface area contributed by atoms with E-state index in [4.69, 9.17) is 11.6 Å². The number of ether oxygens (including phenoxy) is 1. The van der Waals surface area contributed by atoms with Crippen LogP contribution >= 0.6 is 11.6 Å². The van der Waals surface area contributed by atoms with Gasteiger partial charge in [0.05, 0.1) is 0 Å². The molecule has 1 rings (SSSR count). The highest BCUT2D eigenvalue weighted by molar-refractivity contribution is 6.67. The summed E-state index contributed by atoms with van der Waals surface area (Å²) in [6.45, 7) is 0. The van der Waals surface area contributed by atoms with Gasteiger partial charge in [0.15, 0.2) is 0 Å². The number of carbonyl (C=O) groups excluding carboxylic acids is 1. The van der Waals surface area contributed by atoms with Crippen molar-refractivity contribution < 1.29 is 22.7 Å². The zero-order valence-electron chi connectivity index (χ0n) is 6.64. The lowest BCUT2D eigenvalue weighted by atomic mass is 10.2. The van der Waals surface area contributed by atoms with Crippen LogP contribution in [0.15, 0.2) is 24.3 Å². The number of carbonyl (C=O) groups is 1. The summed E-state index contributed by atoms with van der Waals surface area (Å²) in [4.78, 5) is 10.6. The molecular formula is C8H4ClF3O2. The molecule has 0 bridgehead atoms. The summed E-state index contributed by atoms with van der Waals surface area (Å²) >= 11 is 5.07. The van der Waals surface area contributed by atoms with Crippen molar-refractivity contribution in [3.05, 3.63) is 29.8 Å². The first-order valence-corrected chi connectivity index (χ1v) is 3.82. The highest BCUT2D eigenvalue weighted by atomic mass is 35.5. The fraction of sp³-hybridized carbons (Fsp3) is 0.125. The topological polar surface area (TPSA) is 26.3 Å². The number of benzene rings is 1. The lowest BCUT2D eigenvalue weighted by molar-refractivity contribution is -0.274. The zero-order valence-corrected chi connectivity index (χ0v) is 7.39. The van der Waals surface area contributed by atoms with Crippen LogP contribution in [0.1, 0.15) is 10.4 Å². The van der Waals surface area contributed by atoms with Crippen LogP contribution in [-0.4, -0.2) is 11.6 Å². The van der Waals surface area contributed by atoms with E-state index in [0.717, 1.165) is 12.1 Å². The number of rotatable bonds is 2. The van der Waals surface area contributed by atoms with E-state index in [1.807, 2.05) is 0 Å². The molecule has 0 atom stereocenters. The summed E-state index contributed by atoms with van der Waals surface area (Å²) in [6, 6.07) is 4.54. The molecule has 0 aliphatic carbocycles. The van der Waals surface area contributed by atoms with E-state index in [1.165, 1.54) is 12.1 Å². The molecule has 0 saturated heterocycles. The van der Waals surface area contributed by atoms with Crippen molar-refractivity contribution in [2.24, 2.45) is 0 Å². The largest absolute Gasteiger partial charge is 0.573 e. The van der Waals surface area contributed by atoms with Crippen LogP contribution in [0.25, 0.3) is 0 Å². The molecule has 14 heavy (non-hydrogen) atoms. The van der Waals surface area contributed by atoms with Gasteiger partial charge in [0.1, 0.15) is 5.75 Å². The summed E-state index contributed by atoms with van der Waals surface area (Å²) < 4.78 is 38.8. The fourth-order valence-electron chi connectivity index (χ4n) is 0.815. The Labute approximate surface area is 82.2 Å². The van der Waals surface area contributed by atoms with Gasteiger partial charge in [-0.05, 0) is 29.8 Å². The Morgan fingerprint density at radius 1 is 1.36 bits per heavy atom. The summed E-state index contributed by atoms with van der Waals surface area (Å²) in [5, 5.41) is -0.836. The molecule has 0 fully saturated rings. The quantitative estimate of drug-likeness (QED) is 0.722. The first-order chi connectivity index (χ1) is 6.38. The van der Waals surface area contributed by atoms with Crippen LogP contribution in [0.3, 0.4) is 0 Å². The predicted molar refractivity (Wildman–Crippen MR) is 43.3 cm³/mol. The third-order valence-corrected chi connectivity index (χ3v) is 1.51. The van der Waals surface area contributed by atoms with Gasteiger partial charge in [0, 0.05) is 5.56 Å². The van der Waals surface area contributed by atoms with Crippen LogP contribution in [0.2, 0.25) is 0 Å². The average Bonchev–Trinajstić information content (AvgIpc) is 2.01. The van der Waals surface area contributed by atoms with Crippen molar-refractivity contribution in [1.29, 1.82) is 0 Å². The molecule has 0 aromatic heterocycles. The van der Waals surface area contributed by atoms with E-state index in [0.29, 0.717) is 0 Å². The third-order valence-electron chi connectivity index (χ3n) is 1.29. The maximum Gasteiger partial charge on any atom is 0.573 e. The maximum absolute atomic E-state index is 11.7. The van der Waals surface area contributed by atoms with E-state index in [2.05, 4.69) is 4.74 Å². The molecule has 76 valence electrons. The Hall–Kier alpha value is -1.23. The predicted octanol–water partition coefficient (Wildman–Crippen LogP) is 2.96. The molecule has 0 heterocycles. The van der Waals surface area contributed by atoms with Gasteiger partial charge in [0.25, 0.3) is 5.24 Å². The second kappa shape index (κ2) is 3.88. The summed E-state index contributed by atoms with van der Waals surface area (Å²) in [5.41, 5.74) is -0.0478. The van der Waals surface area contributed by atoms with Crippen molar-refractivity contribution >= 4 is 16.8 Å². The van der Waals surface area contributed by atoms with Crippen LogP contribution in [-0.2, 0) is 0 Å². The number of halogens is 4. The van der Waals surface area contributed by atoms with E-state index in [9.17, 15) is 18.0 Å². The number of hydrogen-bond donors (Lipinski definition) is 0. The summed E-state index contributed by atoms with van der Waals surface area (Å²) in [6.07, 6.45) is -4.77. The van der Waals surface area contributed by atoms with E-state index in [1.54, 1.807) is 0 Å². The molecule has 0 N–H and O–H groups in total. The molecule has 2 nitrogen and oxygen atoms in total. The van der Waals surface area contributed by atoms with Crippen molar-refractivity contribution in [1.82, 2.24) is 0 Å². The standard InChI is InChI=1S/C8H4ClF3O2/c9-7(13)5-2-1-3-6(4-5)14-8(10,11)12/h1-4H. The lowest BCUT2D eigenvalue weighted by Crippen LogP contribution is -2.17. The third kappa shape index (κ3) is 3.26. The molecule has 0 aliphatic heterocycles. The van der Waals surface area contributed by atoms with Gasteiger partial charge in [-0.2, -0.15) is 0 Å². The molecular weight excluding hydrogens is 221 g/mol. The van der Waals surface area contributed by atoms with Crippen LogP contribution in [0, 0.1) is 0 Å². The number of hydrogen-bond acceptors (Lipinski definition) is 2. The molecule has 0 aliphatic rings. The minimum absolute atomic E-state index is 0.0478. The molecule has 1 aromatic rings. The molecule has 0 amide bonds. The molecule has 0 saturated carbocycles. The Kier molecular flexibility index (Phi) is 3.00. The second-order valence-corrected chi connectivity index (χ2v) is 2.69. The van der Waals surface area contributed by atoms with Gasteiger partial charge in [-0.3, -0.25) is 4.79 Å². The highest BCUT2D eigenvalue weighted by Gasteiger charge is 2.31. The van der Waals surface area contributed by atoms with Gasteiger partial charge in [0.2, 0.25) is 0 Å². The maximum atomic E-state index is 11.7. The SMILES string of the molecule is O=C(Cl)c1cccc(OC(F)(F)F)c1. The molecule has 6 heteroatoms. The fourth-order valence-corrected chi connectivity index (χ4v) is 0.933. The highest BCUT2D eigenvalue weighted by Crippen LogP contribution is 2.23. The van der Waals surface area contributed by atoms with Gasteiger partial charge in [-0.15, -0.1) is 13.2 Å². The van der Waals surface area contributed by atoms with Crippen LogP contribution < -0.4 is 4.74 Å². The van der Waals surface area contributed by atoms with E-state index in [-0.39, 0.29) is 5.56 Å². The minimum atomic E-state index is -4.77.